The first-order valence-electron chi connectivity index (χ1n) is 6.60. The zero-order chi connectivity index (χ0) is 14.0. The van der Waals surface area contributed by atoms with E-state index in [9.17, 15) is 14.4 Å². The van der Waals surface area contributed by atoms with Crippen LogP contribution in [0.2, 0.25) is 0 Å². The second kappa shape index (κ2) is 5.07. The van der Waals surface area contributed by atoms with Gasteiger partial charge in [0.05, 0.1) is 6.61 Å². The quantitative estimate of drug-likeness (QED) is 0.742. The number of ether oxygens (including phenoxy) is 1. The molecule has 4 amide bonds. The molecule has 0 saturated carbocycles. The molecule has 0 aromatic carbocycles. The SMILES string of the molecule is CCOC(=O)N1CCC2(CC1)C(=O)NC(=O)N2CC. The molecule has 2 heterocycles. The van der Waals surface area contributed by atoms with Gasteiger partial charge >= 0.3 is 12.1 Å². The Morgan fingerprint density at radius 2 is 1.95 bits per heavy atom. The molecule has 7 heteroatoms. The van der Waals surface area contributed by atoms with Crippen LogP contribution in [-0.2, 0) is 9.53 Å². The number of nitrogens with zero attached hydrogens (tertiary/aromatic N) is 2. The van der Waals surface area contributed by atoms with Gasteiger partial charge in [-0.2, -0.15) is 0 Å². The Labute approximate surface area is 111 Å². The van der Waals surface area contributed by atoms with Gasteiger partial charge < -0.3 is 14.5 Å². The summed E-state index contributed by atoms with van der Waals surface area (Å²) < 4.78 is 4.94. The summed E-state index contributed by atoms with van der Waals surface area (Å²) in [6.07, 6.45) is 0.555. The van der Waals surface area contributed by atoms with E-state index in [2.05, 4.69) is 5.32 Å². The van der Waals surface area contributed by atoms with Crippen molar-refractivity contribution < 1.29 is 19.1 Å². The monoisotopic (exact) mass is 269 g/mol. The van der Waals surface area contributed by atoms with Crippen LogP contribution in [0.1, 0.15) is 26.7 Å². The minimum atomic E-state index is -0.783. The van der Waals surface area contributed by atoms with Crippen molar-refractivity contribution in [3.63, 3.8) is 0 Å². The standard InChI is InChI=1S/C12H19N3O4/c1-3-15-10(17)13-9(16)12(15)5-7-14(8-6-12)11(18)19-4-2/h3-8H2,1-2H3,(H,13,16,17). The Hall–Kier alpha value is -1.79. The van der Waals surface area contributed by atoms with Gasteiger partial charge in [0.15, 0.2) is 0 Å². The van der Waals surface area contributed by atoms with E-state index in [1.54, 1.807) is 16.7 Å². The Morgan fingerprint density at radius 1 is 1.32 bits per heavy atom. The highest BCUT2D eigenvalue weighted by Crippen LogP contribution is 2.33. The van der Waals surface area contributed by atoms with Crippen molar-refractivity contribution in [2.75, 3.05) is 26.2 Å². The van der Waals surface area contributed by atoms with E-state index in [1.807, 2.05) is 6.92 Å². The maximum atomic E-state index is 12.0. The Balaban J connectivity index is 2.07. The third-order valence-electron chi connectivity index (χ3n) is 3.84. The maximum Gasteiger partial charge on any atom is 0.409 e. The first-order chi connectivity index (χ1) is 9.05. The molecule has 0 radical (unpaired) electrons. The van der Waals surface area contributed by atoms with Crippen molar-refractivity contribution >= 4 is 18.0 Å². The summed E-state index contributed by atoms with van der Waals surface area (Å²) in [6, 6.07) is -0.336. The van der Waals surface area contributed by atoms with E-state index >= 15 is 0 Å². The van der Waals surface area contributed by atoms with Crippen molar-refractivity contribution in [3.05, 3.63) is 0 Å². The molecule has 1 N–H and O–H groups in total. The molecule has 2 fully saturated rings. The Kier molecular flexibility index (Phi) is 3.64. The van der Waals surface area contributed by atoms with Crippen LogP contribution < -0.4 is 5.32 Å². The van der Waals surface area contributed by atoms with Crippen LogP contribution in [0.15, 0.2) is 0 Å². The summed E-state index contributed by atoms with van der Waals surface area (Å²) >= 11 is 0. The number of amides is 4. The number of rotatable bonds is 2. The van der Waals surface area contributed by atoms with Crippen LogP contribution in [0.5, 0.6) is 0 Å². The lowest BCUT2D eigenvalue weighted by molar-refractivity contribution is -0.128. The number of likely N-dealkylation sites (tertiary alicyclic amines) is 1. The smallest absolute Gasteiger partial charge is 0.409 e. The molecule has 19 heavy (non-hydrogen) atoms. The van der Waals surface area contributed by atoms with E-state index in [1.165, 1.54) is 0 Å². The molecule has 0 atom stereocenters. The third-order valence-corrected chi connectivity index (χ3v) is 3.84. The number of hydrogen-bond donors (Lipinski definition) is 1. The zero-order valence-electron chi connectivity index (χ0n) is 11.3. The highest BCUT2D eigenvalue weighted by molar-refractivity contribution is 6.07. The number of imide groups is 1. The van der Waals surface area contributed by atoms with Gasteiger partial charge in [-0.3, -0.25) is 10.1 Å². The molecule has 106 valence electrons. The highest BCUT2D eigenvalue weighted by atomic mass is 16.6. The van der Waals surface area contributed by atoms with Crippen LogP contribution >= 0.6 is 0 Å². The lowest BCUT2D eigenvalue weighted by atomic mass is 9.86. The molecule has 0 aromatic rings. The first kappa shape index (κ1) is 13.6. The molecule has 0 unspecified atom stereocenters. The van der Waals surface area contributed by atoms with E-state index < -0.39 is 5.54 Å². The van der Waals surface area contributed by atoms with Gasteiger partial charge in [0.25, 0.3) is 5.91 Å². The van der Waals surface area contributed by atoms with Gasteiger partial charge in [0, 0.05) is 19.6 Å². The van der Waals surface area contributed by atoms with Crippen LogP contribution in [0, 0.1) is 0 Å². The summed E-state index contributed by atoms with van der Waals surface area (Å²) in [5, 5.41) is 2.36. The fraction of sp³-hybridized carbons (Fsp3) is 0.750. The molecule has 2 rings (SSSR count). The van der Waals surface area contributed by atoms with E-state index in [-0.39, 0.29) is 18.0 Å². The molecular weight excluding hydrogens is 250 g/mol. The molecule has 7 nitrogen and oxygen atoms in total. The Morgan fingerprint density at radius 3 is 2.47 bits per heavy atom. The topological polar surface area (TPSA) is 79.0 Å². The zero-order valence-corrected chi connectivity index (χ0v) is 11.3. The fourth-order valence-electron chi connectivity index (χ4n) is 2.82. The molecule has 2 aliphatic heterocycles. The lowest BCUT2D eigenvalue weighted by Crippen LogP contribution is -2.57. The number of piperidine rings is 1. The Bertz CT molecular complexity index is 402. The minimum Gasteiger partial charge on any atom is -0.450 e. The number of carbonyl (C=O) groups excluding carboxylic acids is 3. The molecular formula is C12H19N3O4. The summed E-state index contributed by atoms with van der Waals surface area (Å²) in [6.45, 7) is 5.27. The normalized spacial score (nSPS) is 21.8. The summed E-state index contributed by atoms with van der Waals surface area (Å²) in [7, 11) is 0. The summed E-state index contributed by atoms with van der Waals surface area (Å²) in [4.78, 5) is 38.5. The van der Waals surface area contributed by atoms with Crippen LogP contribution in [0.4, 0.5) is 9.59 Å². The summed E-state index contributed by atoms with van der Waals surface area (Å²) in [5.74, 6) is -0.247. The van der Waals surface area contributed by atoms with Gasteiger partial charge in [0.1, 0.15) is 5.54 Å². The molecule has 1 spiro atoms. The maximum absolute atomic E-state index is 12.0. The number of carbonyl (C=O) groups is 3. The predicted molar refractivity (Wildman–Crippen MR) is 66.5 cm³/mol. The molecule has 0 bridgehead atoms. The van der Waals surface area contributed by atoms with Crippen molar-refractivity contribution in [2.24, 2.45) is 0 Å². The first-order valence-corrected chi connectivity index (χ1v) is 6.60. The van der Waals surface area contributed by atoms with Crippen LogP contribution in [0.3, 0.4) is 0 Å². The highest BCUT2D eigenvalue weighted by Gasteiger charge is 2.53. The fourth-order valence-corrected chi connectivity index (χ4v) is 2.82. The average molecular weight is 269 g/mol. The second-order valence-corrected chi connectivity index (χ2v) is 4.72. The predicted octanol–water partition coefficient (Wildman–Crippen LogP) is 0.549. The third kappa shape index (κ3) is 2.13. The second-order valence-electron chi connectivity index (χ2n) is 4.72. The van der Waals surface area contributed by atoms with Gasteiger partial charge in [-0.25, -0.2) is 9.59 Å². The van der Waals surface area contributed by atoms with Crippen molar-refractivity contribution in [3.8, 4) is 0 Å². The van der Waals surface area contributed by atoms with Crippen LogP contribution in [-0.4, -0.2) is 59.6 Å². The summed E-state index contributed by atoms with van der Waals surface area (Å²) in [5.41, 5.74) is -0.783. The van der Waals surface area contributed by atoms with E-state index in [0.29, 0.717) is 39.1 Å². The number of nitrogens with one attached hydrogen (secondary N) is 1. The van der Waals surface area contributed by atoms with Crippen LogP contribution in [0.25, 0.3) is 0 Å². The average Bonchev–Trinajstić information content (AvgIpc) is 2.61. The molecule has 0 aromatic heterocycles. The van der Waals surface area contributed by atoms with Crippen molar-refractivity contribution in [1.82, 2.24) is 15.1 Å². The van der Waals surface area contributed by atoms with E-state index in [4.69, 9.17) is 4.74 Å². The molecule has 0 aliphatic carbocycles. The molecule has 2 saturated heterocycles. The number of urea groups is 1. The van der Waals surface area contributed by atoms with Gasteiger partial charge in [0.2, 0.25) is 0 Å². The number of likely N-dealkylation sites (N-methyl/N-ethyl adjacent to an activating group) is 1. The number of hydrogen-bond acceptors (Lipinski definition) is 4. The molecule has 2 aliphatic rings. The lowest BCUT2D eigenvalue weighted by Gasteiger charge is -2.41. The van der Waals surface area contributed by atoms with E-state index in [0.717, 1.165) is 0 Å². The van der Waals surface area contributed by atoms with Gasteiger partial charge in [-0.1, -0.05) is 0 Å². The van der Waals surface area contributed by atoms with Crippen molar-refractivity contribution in [2.45, 2.75) is 32.2 Å². The van der Waals surface area contributed by atoms with Crippen molar-refractivity contribution in [1.29, 1.82) is 0 Å². The minimum absolute atomic E-state index is 0.247. The van der Waals surface area contributed by atoms with Gasteiger partial charge in [-0.05, 0) is 26.7 Å². The van der Waals surface area contributed by atoms with Gasteiger partial charge in [-0.15, -0.1) is 0 Å². The largest absolute Gasteiger partial charge is 0.450 e.